The number of rotatable bonds is 11. The second kappa shape index (κ2) is 12.8. The number of benzene rings is 2. The zero-order valence-corrected chi connectivity index (χ0v) is 20.3. The number of nitrogens with zero attached hydrogens (tertiary/aromatic N) is 3. The lowest BCUT2D eigenvalue weighted by atomic mass is 10.2. The van der Waals surface area contributed by atoms with Gasteiger partial charge in [0.15, 0.2) is 0 Å². The predicted octanol–water partition coefficient (Wildman–Crippen LogP) is 5.02. The van der Waals surface area contributed by atoms with Crippen LogP contribution in [0.2, 0.25) is 5.02 Å². The van der Waals surface area contributed by atoms with Gasteiger partial charge in [0, 0.05) is 12.1 Å². The quantitative estimate of drug-likeness (QED) is 0.334. The number of unbranched alkanes of at least 4 members (excludes halogenated alkanes) is 1. The average molecular weight is 483 g/mol. The van der Waals surface area contributed by atoms with Crippen molar-refractivity contribution in [3.8, 4) is 5.69 Å². The Hall–Kier alpha value is -3.36. The normalized spacial score (nSPS) is 10.8. The van der Waals surface area contributed by atoms with Gasteiger partial charge in [0.25, 0.3) is 5.91 Å². The van der Waals surface area contributed by atoms with E-state index in [0.717, 1.165) is 32.5 Å². The molecule has 2 aromatic carbocycles. The number of anilines is 2. The van der Waals surface area contributed by atoms with E-state index in [0.29, 0.717) is 34.2 Å². The number of aromatic nitrogens is 2. The van der Waals surface area contributed by atoms with Crippen LogP contribution in [0, 0.1) is 0 Å². The first kappa shape index (κ1) is 25.3. The number of carbonyl (C=O) groups excluding carboxylic acids is 2. The molecule has 0 spiro atoms. The van der Waals surface area contributed by atoms with Gasteiger partial charge in [0.05, 0.1) is 34.5 Å². The minimum Gasteiger partial charge on any atom is -0.352 e. The Morgan fingerprint density at radius 2 is 1.82 bits per heavy atom. The van der Waals surface area contributed by atoms with E-state index in [9.17, 15) is 9.59 Å². The highest BCUT2D eigenvalue weighted by Gasteiger charge is 2.10. The standard InChI is InChI=1S/C25H31ClN6O2/c1-3-31(4-2)15-8-7-14-27-24(33)19-10-9-11-21(16-19)32-18-20(17-28-32)29-25(34)30-23-13-6-5-12-22(23)26/h5-6,9-13,16-18H,3-4,7-8,14-15H2,1-2H3,(H,27,33)(H2,29,30,34). The first-order chi connectivity index (χ1) is 16.5. The second-order valence-electron chi connectivity index (χ2n) is 7.77. The minimum atomic E-state index is -0.429. The summed E-state index contributed by atoms with van der Waals surface area (Å²) in [6.45, 7) is 8.10. The van der Waals surface area contributed by atoms with Gasteiger partial charge >= 0.3 is 6.03 Å². The Morgan fingerprint density at radius 1 is 1.03 bits per heavy atom. The van der Waals surface area contributed by atoms with Gasteiger partial charge in [-0.2, -0.15) is 5.10 Å². The van der Waals surface area contributed by atoms with E-state index >= 15 is 0 Å². The van der Waals surface area contributed by atoms with Crippen LogP contribution in [-0.4, -0.2) is 52.8 Å². The van der Waals surface area contributed by atoms with Gasteiger partial charge in [0.2, 0.25) is 0 Å². The monoisotopic (exact) mass is 482 g/mol. The third-order valence-electron chi connectivity index (χ3n) is 5.42. The molecular weight excluding hydrogens is 452 g/mol. The number of halogens is 1. The lowest BCUT2D eigenvalue weighted by molar-refractivity contribution is 0.0952. The summed E-state index contributed by atoms with van der Waals surface area (Å²) in [5, 5.41) is 13.2. The number of amides is 3. The smallest absolute Gasteiger partial charge is 0.323 e. The van der Waals surface area contributed by atoms with E-state index < -0.39 is 6.03 Å². The summed E-state index contributed by atoms with van der Waals surface area (Å²) in [7, 11) is 0. The molecule has 3 aromatic rings. The fraction of sp³-hybridized carbons (Fsp3) is 0.320. The highest BCUT2D eigenvalue weighted by Crippen LogP contribution is 2.21. The Balaban J connectivity index is 1.53. The molecule has 1 aromatic heterocycles. The fourth-order valence-corrected chi connectivity index (χ4v) is 3.65. The van der Waals surface area contributed by atoms with Crippen LogP contribution in [0.1, 0.15) is 37.0 Å². The summed E-state index contributed by atoms with van der Waals surface area (Å²) in [5.41, 5.74) is 2.30. The third-order valence-corrected chi connectivity index (χ3v) is 5.75. The zero-order chi connectivity index (χ0) is 24.3. The molecule has 1 heterocycles. The number of nitrogens with one attached hydrogen (secondary N) is 3. The van der Waals surface area contributed by atoms with E-state index in [4.69, 9.17) is 11.6 Å². The van der Waals surface area contributed by atoms with Crippen molar-refractivity contribution >= 4 is 34.9 Å². The third kappa shape index (κ3) is 7.33. The van der Waals surface area contributed by atoms with Gasteiger partial charge in [-0.1, -0.05) is 43.6 Å². The lowest BCUT2D eigenvalue weighted by Gasteiger charge is -2.17. The molecule has 34 heavy (non-hydrogen) atoms. The molecule has 0 atom stereocenters. The first-order valence-corrected chi connectivity index (χ1v) is 11.9. The maximum atomic E-state index is 12.6. The van der Waals surface area contributed by atoms with Crippen LogP contribution in [0.3, 0.4) is 0 Å². The Bertz CT molecular complexity index is 1100. The average Bonchev–Trinajstić information content (AvgIpc) is 3.31. The van der Waals surface area contributed by atoms with Crippen LogP contribution in [0.4, 0.5) is 16.2 Å². The van der Waals surface area contributed by atoms with Crippen molar-refractivity contribution in [1.29, 1.82) is 0 Å². The zero-order valence-electron chi connectivity index (χ0n) is 19.6. The number of carbonyl (C=O) groups is 2. The second-order valence-corrected chi connectivity index (χ2v) is 8.18. The molecule has 3 N–H and O–H groups in total. The number of hydrogen-bond donors (Lipinski definition) is 3. The predicted molar refractivity (Wildman–Crippen MR) is 137 cm³/mol. The number of hydrogen-bond acceptors (Lipinski definition) is 4. The summed E-state index contributed by atoms with van der Waals surface area (Å²) in [5.74, 6) is -0.116. The van der Waals surface area contributed by atoms with Gasteiger partial charge < -0.3 is 20.9 Å². The molecule has 0 fully saturated rings. The molecule has 0 saturated carbocycles. The van der Waals surface area contributed by atoms with Crippen molar-refractivity contribution < 1.29 is 9.59 Å². The summed E-state index contributed by atoms with van der Waals surface area (Å²) in [6.07, 6.45) is 5.20. The Labute approximate surface area is 205 Å². The SMILES string of the molecule is CCN(CC)CCCCNC(=O)c1cccc(-n2cc(NC(=O)Nc3ccccc3Cl)cn2)c1. The Kier molecular flexibility index (Phi) is 9.49. The van der Waals surface area contributed by atoms with Crippen LogP contribution >= 0.6 is 11.6 Å². The van der Waals surface area contributed by atoms with Gasteiger partial charge in [0.1, 0.15) is 0 Å². The molecule has 3 amide bonds. The van der Waals surface area contributed by atoms with Gasteiger partial charge in [-0.05, 0) is 62.8 Å². The van der Waals surface area contributed by atoms with E-state index in [-0.39, 0.29) is 5.91 Å². The van der Waals surface area contributed by atoms with Crippen LogP contribution in [0.5, 0.6) is 0 Å². The van der Waals surface area contributed by atoms with E-state index in [1.54, 1.807) is 47.3 Å². The first-order valence-electron chi connectivity index (χ1n) is 11.5. The van der Waals surface area contributed by atoms with Crippen molar-refractivity contribution in [1.82, 2.24) is 20.0 Å². The topological polar surface area (TPSA) is 91.3 Å². The van der Waals surface area contributed by atoms with Gasteiger partial charge in [-0.25, -0.2) is 9.48 Å². The maximum Gasteiger partial charge on any atom is 0.323 e. The molecule has 9 heteroatoms. The van der Waals surface area contributed by atoms with Crippen LogP contribution in [-0.2, 0) is 0 Å². The number of urea groups is 1. The van der Waals surface area contributed by atoms with Crippen molar-refractivity contribution in [2.45, 2.75) is 26.7 Å². The van der Waals surface area contributed by atoms with Crippen molar-refractivity contribution in [3.63, 3.8) is 0 Å². The molecule has 0 aliphatic carbocycles. The van der Waals surface area contributed by atoms with E-state index in [1.807, 2.05) is 12.1 Å². The van der Waals surface area contributed by atoms with Gasteiger partial charge in [-0.15, -0.1) is 0 Å². The lowest BCUT2D eigenvalue weighted by Crippen LogP contribution is -2.27. The molecule has 8 nitrogen and oxygen atoms in total. The summed E-state index contributed by atoms with van der Waals surface area (Å²) >= 11 is 6.07. The maximum absolute atomic E-state index is 12.6. The molecule has 0 unspecified atom stereocenters. The van der Waals surface area contributed by atoms with E-state index in [2.05, 4.69) is 39.8 Å². The molecule has 0 saturated heterocycles. The van der Waals surface area contributed by atoms with Gasteiger partial charge in [-0.3, -0.25) is 4.79 Å². The molecule has 0 aliphatic heterocycles. The fourth-order valence-electron chi connectivity index (χ4n) is 3.47. The largest absolute Gasteiger partial charge is 0.352 e. The van der Waals surface area contributed by atoms with Crippen LogP contribution in [0.25, 0.3) is 5.69 Å². The summed E-state index contributed by atoms with van der Waals surface area (Å²) < 4.78 is 1.60. The molecule has 0 radical (unpaired) electrons. The van der Waals surface area contributed by atoms with Crippen molar-refractivity contribution in [2.24, 2.45) is 0 Å². The van der Waals surface area contributed by atoms with Crippen molar-refractivity contribution in [3.05, 3.63) is 71.5 Å². The van der Waals surface area contributed by atoms with Crippen LogP contribution in [0.15, 0.2) is 60.9 Å². The summed E-state index contributed by atoms with van der Waals surface area (Å²) in [6, 6.07) is 13.8. The van der Waals surface area contributed by atoms with Crippen molar-refractivity contribution in [2.75, 3.05) is 36.8 Å². The van der Waals surface area contributed by atoms with E-state index in [1.165, 1.54) is 6.20 Å². The summed E-state index contributed by atoms with van der Waals surface area (Å²) in [4.78, 5) is 27.2. The highest BCUT2D eigenvalue weighted by molar-refractivity contribution is 6.33. The molecule has 3 rings (SSSR count). The Morgan fingerprint density at radius 3 is 2.59 bits per heavy atom. The number of para-hydroxylation sites is 1. The molecule has 0 aliphatic rings. The molecular formula is C25H31ClN6O2. The van der Waals surface area contributed by atoms with Crippen LogP contribution < -0.4 is 16.0 Å². The molecule has 0 bridgehead atoms. The minimum absolute atomic E-state index is 0.116. The molecule has 180 valence electrons. The highest BCUT2D eigenvalue weighted by atomic mass is 35.5.